The van der Waals surface area contributed by atoms with Gasteiger partial charge in [0.15, 0.2) is 11.3 Å². The zero-order valence-electron chi connectivity index (χ0n) is 13.8. The van der Waals surface area contributed by atoms with E-state index >= 15 is 0 Å². The number of halogens is 2. The summed E-state index contributed by atoms with van der Waals surface area (Å²) in [6.45, 7) is -0.0669. The number of aromatic nitrogens is 7. The molecule has 0 aliphatic rings. The van der Waals surface area contributed by atoms with Gasteiger partial charge in [-0.1, -0.05) is 0 Å². The zero-order chi connectivity index (χ0) is 18.4. The maximum Gasteiger partial charge on any atom is 0.197 e. The molecule has 4 heterocycles. The van der Waals surface area contributed by atoms with Gasteiger partial charge in [-0.3, -0.25) is 10.1 Å². The summed E-state index contributed by atoms with van der Waals surface area (Å²) in [6.07, 6.45) is 7.85. The highest BCUT2D eigenvalue weighted by Crippen LogP contribution is 2.24. The lowest BCUT2D eigenvalue weighted by molar-refractivity contribution is 0.554. The maximum absolute atomic E-state index is 14.9. The Morgan fingerprint density at radius 2 is 2.04 bits per heavy atom. The van der Waals surface area contributed by atoms with Crippen molar-refractivity contribution in [2.45, 2.75) is 6.54 Å². The van der Waals surface area contributed by atoms with E-state index in [4.69, 9.17) is 0 Å². The second-order valence-electron chi connectivity index (χ2n) is 5.98. The van der Waals surface area contributed by atoms with Crippen molar-refractivity contribution in [3.8, 4) is 11.3 Å². The van der Waals surface area contributed by atoms with Crippen molar-refractivity contribution in [1.82, 2.24) is 34.7 Å². The number of nitrogens with one attached hydrogen (secondary N) is 1. The number of H-pyrrole nitrogens is 1. The lowest BCUT2D eigenvalue weighted by atomic mass is 10.1. The maximum atomic E-state index is 14.9. The predicted molar refractivity (Wildman–Crippen MR) is 93.7 cm³/mol. The number of aromatic amines is 1. The van der Waals surface area contributed by atoms with Crippen LogP contribution in [0.5, 0.6) is 0 Å². The number of nitrogens with zero attached hydrogens (tertiary/aromatic N) is 6. The van der Waals surface area contributed by atoms with Crippen molar-refractivity contribution in [3.63, 3.8) is 0 Å². The highest BCUT2D eigenvalue weighted by molar-refractivity contribution is 5.80. The molecule has 0 bridgehead atoms. The Labute approximate surface area is 150 Å². The highest BCUT2D eigenvalue weighted by Gasteiger charge is 2.17. The second kappa shape index (κ2) is 5.90. The average molecular weight is 363 g/mol. The number of benzene rings is 1. The van der Waals surface area contributed by atoms with Gasteiger partial charge >= 0.3 is 0 Å². The minimum atomic E-state index is -0.667. The van der Waals surface area contributed by atoms with Crippen LogP contribution in [0.3, 0.4) is 0 Å². The summed E-state index contributed by atoms with van der Waals surface area (Å²) in [5, 5.41) is 6.87. The Morgan fingerprint density at radius 3 is 2.89 bits per heavy atom. The van der Waals surface area contributed by atoms with Gasteiger partial charge in [0, 0.05) is 35.0 Å². The van der Waals surface area contributed by atoms with Crippen LogP contribution in [0.15, 0.2) is 49.3 Å². The molecule has 0 spiro atoms. The van der Waals surface area contributed by atoms with E-state index in [0.717, 1.165) is 5.56 Å². The molecular weight excluding hydrogens is 352 g/mol. The first-order chi connectivity index (χ1) is 13.2. The summed E-state index contributed by atoms with van der Waals surface area (Å²) in [4.78, 5) is 16.9. The molecule has 7 nitrogen and oxygen atoms in total. The lowest BCUT2D eigenvalue weighted by Crippen LogP contribution is -2.06. The molecule has 0 atom stereocenters. The van der Waals surface area contributed by atoms with E-state index in [2.05, 4.69) is 30.1 Å². The molecule has 1 N–H and O–H groups in total. The minimum Gasteiger partial charge on any atom is -0.309 e. The van der Waals surface area contributed by atoms with Crippen LogP contribution in [0.4, 0.5) is 8.78 Å². The molecule has 1 aromatic carbocycles. The Kier molecular flexibility index (Phi) is 3.39. The molecule has 0 aliphatic carbocycles. The summed E-state index contributed by atoms with van der Waals surface area (Å²) in [7, 11) is 0. The van der Waals surface area contributed by atoms with E-state index in [1.165, 1.54) is 18.6 Å². The fourth-order valence-corrected chi connectivity index (χ4v) is 2.99. The molecule has 0 radical (unpaired) electrons. The highest BCUT2D eigenvalue weighted by atomic mass is 19.1. The molecule has 0 saturated heterocycles. The van der Waals surface area contributed by atoms with Gasteiger partial charge in [-0.15, -0.1) is 0 Å². The van der Waals surface area contributed by atoms with Crippen LogP contribution < -0.4 is 0 Å². The Balaban J connectivity index is 1.63. The molecule has 0 saturated carbocycles. The van der Waals surface area contributed by atoms with Crippen molar-refractivity contribution in [2.24, 2.45) is 0 Å². The Bertz CT molecular complexity index is 1280. The van der Waals surface area contributed by atoms with E-state index < -0.39 is 11.6 Å². The molecule has 0 unspecified atom stereocenters. The van der Waals surface area contributed by atoms with Crippen LogP contribution >= 0.6 is 0 Å². The summed E-state index contributed by atoms with van der Waals surface area (Å²) in [5.41, 5.74) is 2.36. The van der Waals surface area contributed by atoms with Crippen LogP contribution in [-0.2, 0) is 6.54 Å². The third kappa shape index (κ3) is 2.51. The predicted octanol–water partition coefficient (Wildman–Crippen LogP) is 3.09. The first-order valence-corrected chi connectivity index (χ1v) is 8.09. The van der Waals surface area contributed by atoms with Crippen LogP contribution in [0.2, 0.25) is 0 Å². The van der Waals surface area contributed by atoms with Gasteiger partial charge in [-0.05, 0) is 12.1 Å². The standard InChI is InChI=1S/C18H11F2N7/c19-13-4-14-11(2-1-3-21-14)16(20)12(13)8-27-9-23-17-18(27)26-15(7-22-17)10-5-24-25-6-10/h1-7,9H,8H2,(H,24,25). The van der Waals surface area contributed by atoms with Crippen LogP contribution in [-0.4, -0.2) is 34.7 Å². The topological polar surface area (TPSA) is 85.2 Å². The number of imidazole rings is 1. The fourth-order valence-electron chi connectivity index (χ4n) is 2.99. The molecule has 132 valence electrons. The Morgan fingerprint density at radius 1 is 1.11 bits per heavy atom. The SMILES string of the molecule is Fc1cc2ncccc2c(F)c1Cn1cnc2ncc(-c3cn[nH]c3)nc21. The third-order valence-corrected chi connectivity index (χ3v) is 4.34. The van der Waals surface area contributed by atoms with Crippen molar-refractivity contribution in [2.75, 3.05) is 0 Å². The van der Waals surface area contributed by atoms with Gasteiger partial charge in [0.05, 0.1) is 36.5 Å². The lowest BCUT2D eigenvalue weighted by Gasteiger charge is -2.09. The monoisotopic (exact) mass is 363 g/mol. The van der Waals surface area contributed by atoms with Crippen LogP contribution in [0.25, 0.3) is 33.5 Å². The molecule has 0 aliphatic heterocycles. The first-order valence-electron chi connectivity index (χ1n) is 8.09. The van der Waals surface area contributed by atoms with E-state index in [-0.39, 0.29) is 23.0 Å². The molecule has 5 aromatic rings. The summed E-state index contributed by atoms with van der Waals surface area (Å²) in [5.74, 6) is -1.31. The van der Waals surface area contributed by atoms with Gasteiger partial charge in [0.25, 0.3) is 0 Å². The van der Waals surface area contributed by atoms with Gasteiger partial charge in [-0.25, -0.2) is 23.7 Å². The van der Waals surface area contributed by atoms with E-state index in [9.17, 15) is 8.78 Å². The van der Waals surface area contributed by atoms with Gasteiger partial charge in [0.1, 0.15) is 11.6 Å². The number of rotatable bonds is 3. The van der Waals surface area contributed by atoms with Crippen molar-refractivity contribution < 1.29 is 8.78 Å². The smallest absolute Gasteiger partial charge is 0.197 e. The van der Waals surface area contributed by atoms with E-state index in [0.29, 0.717) is 17.0 Å². The van der Waals surface area contributed by atoms with Crippen molar-refractivity contribution >= 4 is 22.2 Å². The van der Waals surface area contributed by atoms with E-state index in [1.54, 1.807) is 35.3 Å². The number of hydrogen-bond acceptors (Lipinski definition) is 5. The molecule has 5 rings (SSSR count). The van der Waals surface area contributed by atoms with E-state index in [1.807, 2.05) is 0 Å². The van der Waals surface area contributed by atoms with Crippen molar-refractivity contribution in [3.05, 3.63) is 66.5 Å². The first kappa shape index (κ1) is 15.5. The molecular formula is C18H11F2N7. The molecule has 27 heavy (non-hydrogen) atoms. The molecule has 4 aromatic heterocycles. The number of hydrogen-bond donors (Lipinski definition) is 1. The molecule has 0 amide bonds. The second-order valence-corrected chi connectivity index (χ2v) is 5.98. The number of pyridine rings is 1. The minimum absolute atomic E-state index is 0.0669. The fraction of sp³-hybridized carbons (Fsp3) is 0.0556. The molecule has 0 fully saturated rings. The summed E-state index contributed by atoms with van der Waals surface area (Å²) < 4.78 is 30.9. The zero-order valence-corrected chi connectivity index (χ0v) is 13.8. The largest absolute Gasteiger partial charge is 0.309 e. The van der Waals surface area contributed by atoms with Crippen LogP contribution in [0.1, 0.15) is 5.56 Å². The average Bonchev–Trinajstić information content (AvgIpc) is 3.35. The quantitative estimate of drug-likeness (QED) is 0.532. The van der Waals surface area contributed by atoms with Gasteiger partial charge < -0.3 is 4.57 Å². The summed E-state index contributed by atoms with van der Waals surface area (Å²) >= 11 is 0. The van der Waals surface area contributed by atoms with Crippen LogP contribution in [0, 0.1) is 11.6 Å². The van der Waals surface area contributed by atoms with Gasteiger partial charge in [0.2, 0.25) is 0 Å². The molecule has 9 heteroatoms. The Hall–Kier alpha value is -3.75. The normalized spacial score (nSPS) is 11.5. The van der Waals surface area contributed by atoms with Gasteiger partial charge in [-0.2, -0.15) is 5.10 Å². The number of fused-ring (bicyclic) bond motifs is 2. The summed E-state index contributed by atoms with van der Waals surface area (Å²) in [6, 6.07) is 4.42. The van der Waals surface area contributed by atoms with Crippen molar-refractivity contribution in [1.29, 1.82) is 0 Å². The third-order valence-electron chi connectivity index (χ3n) is 4.34.